The average Bonchev–Trinajstić information content (AvgIpc) is 2.87. The summed E-state index contributed by atoms with van der Waals surface area (Å²) in [6.07, 6.45) is 4.45. The highest BCUT2D eigenvalue weighted by atomic mass is 15.0. The minimum atomic E-state index is 0.501. The van der Waals surface area contributed by atoms with Crippen LogP contribution in [0, 0.1) is 12.3 Å². The van der Waals surface area contributed by atoms with Crippen molar-refractivity contribution in [1.29, 1.82) is 0 Å². The largest absolute Gasteiger partial charge is 0.398 e. The Bertz CT molecular complexity index is 342. The number of pyridine rings is 1. The number of hydrogen-bond acceptors (Lipinski definition) is 3. The van der Waals surface area contributed by atoms with Crippen LogP contribution < -0.4 is 11.1 Å². The third-order valence-electron chi connectivity index (χ3n) is 2.94. The van der Waals surface area contributed by atoms with Crippen molar-refractivity contribution in [3.8, 4) is 0 Å². The molecule has 0 atom stereocenters. The second-order valence-corrected chi connectivity index (χ2v) is 4.59. The zero-order chi connectivity index (χ0) is 10.2. The van der Waals surface area contributed by atoms with Gasteiger partial charge in [-0.25, -0.2) is 4.98 Å². The molecular weight excluding hydrogens is 174 g/mol. The van der Waals surface area contributed by atoms with E-state index in [9.17, 15) is 0 Å². The minimum Gasteiger partial charge on any atom is -0.398 e. The van der Waals surface area contributed by atoms with Crippen molar-refractivity contribution in [3.05, 3.63) is 17.8 Å². The van der Waals surface area contributed by atoms with E-state index in [1.807, 2.05) is 19.2 Å². The first kappa shape index (κ1) is 9.31. The smallest absolute Gasteiger partial charge is 0.127 e. The van der Waals surface area contributed by atoms with Crippen LogP contribution in [0.15, 0.2) is 12.3 Å². The summed E-state index contributed by atoms with van der Waals surface area (Å²) >= 11 is 0. The number of aromatic nitrogens is 1. The molecule has 0 bridgehead atoms. The second-order valence-electron chi connectivity index (χ2n) is 4.59. The fourth-order valence-corrected chi connectivity index (χ4v) is 1.33. The van der Waals surface area contributed by atoms with E-state index in [1.165, 1.54) is 12.8 Å². The maximum absolute atomic E-state index is 5.80. The molecule has 14 heavy (non-hydrogen) atoms. The summed E-state index contributed by atoms with van der Waals surface area (Å²) in [5, 5.41) is 3.32. The van der Waals surface area contributed by atoms with Crippen molar-refractivity contribution in [2.75, 3.05) is 17.6 Å². The summed E-state index contributed by atoms with van der Waals surface area (Å²) in [5.74, 6) is 0.890. The van der Waals surface area contributed by atoms with Gasteiger partial charge in [-0.1, -0.05) is 6.92 Å². The zero-order valence-corrected chi connectivity index (χ0v) is 8.80. The topological polar surface area (TPSA) is 50.9 Å². The summed E-state index contributed by atoms with van der Waals surface area (Å²) in [6.45, 7) is 5.26. The molecule has 76 valence electrons. The van der Waals surface area contributed by atoms with Crippen LogP contribution in [0.2, 0.25) is 0 Å². The molecule has 1 aromatic rings. The Labute approximate surface area is 84.7 Å². The molecule has 0 spiro atoms. The number of anilines is 2. The first-order valence-corrected chi connectivity index (χ1v) is 5.05. The lowest BCUT2D eigenvalue weighted by Gasteiger charge is -2.11. The summed E-state index contributed by atoms with van der Waals surface area (Å²) in [4.78, 5) is 4.28. The van der Waals surface area contributed by atoms with Crippen molar-refractivity contribution in [1.82, 2.24) is 4.98 Å². The Balaban J connectivity index is 1.99. The second kappa shape index (κ2) is 3.15. The first-order chi connectivity index (χ1) is 6.59. The number of nitrogens with zero attached hydrogens (tertiary/aromatic N) is 1. The van der Waals surface area contributed by atoms with Gasteiger partial charge in [0.15, 0.2) is 0 Å². The molecule has 0 amide bonds. The highest BCUT2D eigenvalue weighted by Crippen LogP contribution is 2.44. The monoisotopic (exact) mass is 191 g/mol. The Morgan fingerprint density at radius 2 is 2.29 bits per heavy atom. The molecule has 1 saturated carbocycles. The zero-order valence-electron chi connectivity index (χ0n) is 8.80. The highest BCUT2D eigenvalue weighted by molar-refractivity contribution is 5.53. The van der Waals surface area contributed by atoms with Crippen molar-refractivity contribution in [2.24, 2.45) is 5.41 Å². The third-order valence-corrected chi connectivity index (χ3v) is 2.94. The number of nitrogen functional groups attached to an aromatic ring is 1. The predicted octanol–water partition coefficient (Wildman–Crippen LogP) is 2.18. The summed E-state index contributed by atoms with van der Waals surface area (Å²) < 4.78 is 0. The molecule has 1 fully saturated rings. The molecule has 1 aliphatic carbocycles. The molecule has 1 aliphatic rings. The molecule has 0 aliphatic heterocycles. The van der Waals surface area contributed by atoms with Crippen molar-refractivity contribution < 1.29 is 0 Å². The maximum atomic E-state index is 5.80. The molecule has 1 heterocycles. The Morgan fingerprint density at radius 3 is 2.86 bits per heavy atom. The minimum absolute atomic E-state index is 0.501. The van der Waals surface area contributed by atoms with Crippen LogP contribution in [-0.2, 0) is 0 Å². The van der Waals surface area contributed by atoms with E-state index >= 15 is 0 Å². The van der Waals surface area contributed by atoms with Gasteiger partial charge in [-0.15, -0.1) is 0 Å². The van der Waals surface area contributed by atoms with Gasteiger partial charge < -0.3 is 11.1 Å². The number of aryl methyl sites for hydroxylation is 1. The predicted molar refractivity (Wildman–Crippen MR) is 59.2 cm³/mol. The van der Waals surface area contributed by atoms with Crippen LogP contribution in [-0.4, -0.2) is 11.5 Å². The van der Waals surface area contributed by atoms with E-state index in [2.05, 4.69) is 17.2 Å². The van der Waals surface area contributed by atoms with Gasteiger partial charge in [0.25, 0.3) is 0 Å². The summed E-state index contributed by atoms with van der Waals surface area (Å²) in [6, 6.07) is 1.90. The van der Waals surface area contributed by atoms with Crippen molar-refractivity contribution in [2.45, 2.75) is 26.7 Å². The van der Waals surface area contributed by atoms with Crippen LogP contribution >= 0.6 is 0 Å². The van der Waals surface area contributed by atoms with Gasteiger partial charge >= 0.3 is 0 Å². The number of rotatable bonds is 3. The Morgan fingerprint density at radius 1 is 1.57 bits per heavy atom. The number of nitrogens with one attached hydrogen (secondary N) is 1. The number of nitrogens with two attached hydrogens (primary N) is 1. The molecule has 3 heteroatoms. The lowest BCUT2D eigenvalue weighted by atomic mass is 10.1. The molecule has 0 saturated heterocycles. The first-order valence-electron chi connectivity index (χ1n) is 5.05. The molecule has 0 unspecified atom stereocenters. The van der Waals surface area contributed by atoms with Crippen molar-refractivity contribution >= 4 is 11.5 Å². The van der Waals surface area contributed by atoms with Gasteiger partial charge in [0.2, 0.25) is 0 Å². The van der Waals surface area contributed by atoms with Gasteiger partial charge in [-0.3, -0.25) is 0 Å². The van der Waals surface area contributed by atoms with Gasteiger partial charge in [0.05, 0.1) is 0 Å². The van der Waals surface area contributed by atoms with Crippen LogP contribution in [0.3, 0.4) is 0 Å². The standard InChI is InChI=1S/C11H17N3/c1-8-6-13-10(5-9(8)12)14-7-11(2)3-4-11/h5-6H,3-4,7H2,1-2H3,(H3,12,13,14). The van der Waals surface area contributed by atoms with E-state index < -0.39 is 0 Å². The van der Waals surface area contributed by atoms with E-state index in [0.717, 1.165) is 23.6 Å². The molecule has 3 nitrogen and oxygen atoms in total. The van der Waals surface area contributed by atoms with Crippen LogP contribution in [0.1, 0.15) is 25.3 Å². The van der Waals surface area contributed by atoms with Gasteiger partial charge in [0, 0.05) is 24.5 Å². The highest BCUT2D eigenvalue weighted by Gasteiger charge is 2.36. The van der Waals surface area contributed by atoms with Crippen LogP contribution in [0.25, 0.3) is 0 Å². The van der Waals surface area contributed by atoms with Crippen molar-refractivity contribution in [3.63, 3.8) is 0 Å². The van der Waals surface area contributed by atoms with E-state index in [1.54, 1.807) is 0 Å². The van der Waals surface area contributed by atoms with Gasteiger partial charge in [0.1, 0.15) is 5.82 Å². The van der Waals surface area contributed by atoms with Gasteiger partial charge in [-0.2, -0.15) is 0 Å². The van der Waals surface area contributed by atoms with E-state index in [0.29, 0.717) is 5.41 Å². The number of hydrogen-bond donors (Lipinski definition) is 2. The normalized spacial score (nSPS) is 17.9. The average molecular weight is 191 g/mol. The van der Waals surface area contributed by atoms with Gasteiger partial charge in [-0.05, 0) is 30.7 Å². The molecule has 1 aromatic heterocycles. The molecule has 3 N–H and O–H groups in total. The summed E-state index contributed by atoms with van der Waals surface area (Å²) in [7, 11) is 0. The van der Waals surface area contributed by atoms with E-state index in [4.69, 9.17) is 5.73 Å². The Kier molecular flexibility index (Phi) is 2.10. The lowest BCUT2D eigenvalue weighted by molar-refractivity contribution is 0.609. The fraction of sp³-hybridized carbons (Fsp3) is 0.545. The molecular formula is C11H17N3. The quantitative estimate of drug-likeness (QED) is 0.770. The molecule has 2 rings (SSSR count). The Hall–Kier alpha value is -1.25. The maximum Gasteiger partial charge on any atom is 0.127 e. The SMILES string of the molecule is Cc1cnc(NCC2(C)CC2)cc1N. The fourth-order valence-electron chi connectivity index (χ4n) is 1.33. The lowest BCUT2D eigenvalue weighted by Crippen LogP contribution is -2.12. The summed E-state index contributed by atoms with van der Waals surface area (Å²) in [5.41, 5.74) is 8.14. The van der Waals surface area contributed by atoms with E-state index in [-0.39, 0.29) is 0 Å². The van der Waals surface area contributed by atoms with Crippen LogP contribution in [0.4, 0.5) is 11.5 Å². The third kappa shape index (κ3) is 1.97. The molecule has 0 aromatic carbocycles. The van der Waals surface area contributed by atoms with Crippen LogP contribution in [0.5, 0.6) is 0 Å². The molecule has 0 radical (unpaired) electrons.